The molecule has 5 heteroatoms. The molecule has 0 radical (unpaired) electrons. The smallest absolute Gasteiger partial charge is 0.356 e. The molecule has 0 fully saturated rings. The van der Waals surface area contributed by atoms with E-state index in [0.29, 0.717) is 6.61 Å². The van der Waals surface area contributed by atoms with Gasteiger partial charge in [-0.3, -0.25) is 10.1 Å². The second-order valence-electron chi connectivity index (χ2n) is 3.67. The lowest BCUT2D eigenvalue weighted by atomic mass is 10.3. The summed E-state index contributed by atoms with van der Waals surface area (Å²) in [5.74, 6) is -0.308. The summed E-state index contributed by atoms with van der Waals surface area (Å²) in [6.45, 7) is 9.08. The predicted molar refractivity (Wildman–Crippen MR) is 56.8 cm³/mol. The average Bonchev–Trinajstić information content (AvgIpc) is 2.03. The van der Waals surface area contributed by atoms with Gasteiger partial charge in [0.25, 0.3) is 0 Å². The Morgan fingerprint density at radius 3 is 2.43 bits per heavy atom. The fourth-order valence-electron chi connectivity index (χ4n) is 0.947. The third-order valence-electron chi connectivity index (χ3n) is 2.00. The van der Waals surface area contributed by atoms with E-state index in [1.54, 1.807) is 34.4 Å². The van der Waals surface area contributed by atoms with E-state index in [2.05, 4.69) is 5.32 Å². The number of rotatable bonds is 5. The Morgan fingerprint density at radius 1 is 1.57 bits per heavy atom. The second-order valence-corrected chi connectivity index (χ2v) is 5.79. The van der Waals surface area contributed by atoms with Gasteiger partial charge in [0.15, 0.2) is 0 Å². The third kappa shape index (κ3) is 4.16. The average molecular weight is 220 g/mol. The van der Waals surface area contributed by atoms with E-state index in [1.165, 1.54) is 0 Å². The van der Waals surface area contributed by atoms with E-state index >= 15 is 0 Å². The molecule has 0 spiro atoms. The van der Waals surface area contributed by atoms with Crippen LogP contribution in [0.3, 0.4) is 0 Å². The van der Waals surface area contributed by atoms with Crippen LogP contribution in [0.1, 0.15) is 27.7 Å². The van der Waals surface area contributed by atoms with Crippen molar-refractivity contribution in [3.8, 4) is 0 Å². The first kappa shape index (κ1) is 13.5. The van der Waals surface area contributed by atoms with Crippen molar-refractivity contribution in [2.45, 2.75) is 39.0 Å². The van der Waals surface area contributed by atoms with Gasteiger partial charge in [0.2, 0.25) is 5.28 Å². The Bertz CT molecular complexity index is 228. The topological polar surface area (TPSA) is 55.4 Å². The predicted octanol–water partition coefficient (Wildman–Crippen LogP) is 1.72. The molecule has 4 nitrogen and oxygen atoms in total. The van der Waals surface area contributed by atoms with Crippen molar-refractivity contribution in [1.82, 2.24) is 5.32 Å². The van der Waals surface area contributed by atoms with Crippen molar-refractivity contribution in [1.29, 1.82) is 0 Å². The summed E-state index contributed by atoms with van der Waals surface area (Å²) in [5.41, 5.74) is 0. The van der Waals surface area contributed by atoms with Gasteiger partial charge in [-0.1, -0.05) is 4.57 Å². The van der Waals surface area contributed by atoms with Gasteiger partial charge < -0.3 is 4.74 Å². The number of carbonyl (C=O) groups is 1. The van der Waals surface area contributed by atoms with Crippen LogP contribution in [0.25, 0.3) is 0 Å². The summed E-state index contributed by atoms with van der Waals surface area (Å²) >= 11 is 0. The van der Waals surface area contributed by atoms with Gasteiger partial charge in [-0.2, -0.15) is 0 Å². The van der Waals surface area contributed by atoms with Crippen molar-refractivity contribution in [3.05, 3.63) is 0 Å². The number of esters is 1. The third-order valence-corrected chi connectivity index (χ3v) is 3.70. The van der Waals surface area contributed by atoms with Gasteiger partial charge >= 0.3 is 13.8 Å². The van der Waals surface area contributed by atoms with Crippen molar-refractivity contribution < 1.29 is 14.1 Å². The Morgan fingerprint density at radius 2 is 2.07 bits per heavy atom. The van der Waals surface area contributed by atoms with Crippen LogP contribution in [0.15, 0.2) is 0 Å². The van der Waals surface area contributed by atoms with E-state index in [4.69, 9.17) is 4.74 Å². The van der Waals surface area contributed by atoms with E-state index in [0.717, 1.165) is 0 Å². The van der Waals surface area contributed by atoms with Gasteiger partial charge in [-0.25, -0.2) is 0 Å². The van der Waals surface area contributed by atoms with Gasteiger partial charge in [-0.05, 0) is 27.7 Å². The number of nitrogens with one attached hydrogen (secondary N) is 1. The maximum absolute atomic E-state index is 11.3. The lowest BCUT2D eigenvalue weighted by molar-refractivity contribution is -0.145. The fourth-order valence-corrected chi connectivity index (χ4v) is 1.32. The van der Waals surface area contributed by atoms with Crippen LogP contribution in [-0.4, -0.2) is 30.6 Å². The first-order chi connectivity index (χ1) is 6.31. The first-order valence-corrected chi connectivity index (χ1v) is 6.37. The van der Waals surface area contributed by atoms with E-state index in [1.807, 2.05) is 0 Å². The number of hydrogen-bond donors (Lipinski definition) is 1. The first-order valence-electron chi connectivity index (χ1n) is 4.66. The van der Waals surface area contributed by atoms with Crippen LogP contribution < -0.4 is 5.32 Å². The molecule has 0 aliphatic heterocycles. The number of hydrogen-bond acceptors (Lipinski definition) is 4. The minimum Gasteiger partial charge on any atom is -0.465 e. The summed E-state index contributed by atoms with van der Waals surface area (Å²) in [7, 11) is -1.38. The molecule has 0 aromatic heterocycles. The maximum Gasteiger partial charge on any atom is 0.356 e. The molecule has 0 bridgehead atoms. The minimum atomic E-state index is -1.38. The van der Waals surface area contributed by atoms with E-state index < -0.39 is 19.1 Å². The monoisotopic (exact) mass is 220 g/mol. The molecular weight excluding hydrogens is 201 g/mol. The highest BCUT2D eigenvalue weighted by atomic mass is 31.1. The zero-order valence-corrected chi connectivity index (χ0v) is 10.4. The fraction of sp³-hybridized carbons (Fsp3) is 0.889. The summed E-state index contributed by atoms with van der Waals surface area (Å²) in [4.78, 5) is 11.3. The minimum absolute atomic E-state index is 0.308. The van der Waals surface area contributed by atoms with Crippen molar-refractivity contribution >= 4 is 13.8 Å². The van der Waals surface area contributed by atoms with E-state index in [-0.39, 0.29) is 5.97 Å². The molecule has 0 aromatic rings. The molecule has 0 amide bonds. The molecule has 14 heavy (non-hydrogen) atoms. The molecule has 0 saturated carbocycles. The Labute approximate surface area is 86.2 Å². The van der Waals surface area contributed by atoms with Crippen LogP contribution >= 0.6 is 7.80 Å². The summed E-state index contributed by atoms with van der Waals surface area (Å²) in [6.07, 6.45) is 0. The Balaban J connectivity index is 4.24. The highest BCUT2D eigenvalue weighted by Gasteiger charge is 2.37. The molecule has 0 aromatic carbocycles. The van der Waals surface area contributed by atoms with Crippen molar-refractivity contribution in [2.24, 2.45) is 0 Å². The Hall–Kier alpha value is -0.470. The lowest BCUT2D eigenvalue weighted by Gasteiger charge is -2.19. The molecule has 0 saturated heterocycles. The van der Waals surface area contributed by atoms with Crippen LogP contribution in [0.2, 0.25) is 0 Å². The molecule has 82 valence electrons. The molecule has 0 aliphatic carbocycles. The number of ether oxygens (including phenoxy) is 1. The molecule has 0 heterocycles. The van der Waals surface area contributed by atoms with Gasteiger partial charge in [0, 0.05) is 0 Å². The molecule has 2 unspecified atom stereocenters. The number of carbonyl (C=O) groups excluding carboxylic acids is 1. The highest BCUT2D eigenvalue weighted by Crippen LogP contribution is 2.32. The molecule has 2 atom stereocenters. The SMILES string of the molecule is CCOC(=O)C(C)NC(C)(C)[P+](C)=O. The molecule has 0 rings (SSSR count). The van der Waals surface area contributed by atoms with Gasteiger partial charge in [0.1, 0.15) is 12.7 Å². The van der Waals surface area contributed by atoms with Gasteiger partial charge in [0.05, 0.1) is 6.61 Å². The summed E-state index contributed by atoms with van der Waals surface area (Å²) in [6, 6.07) is -0.427. The molecular formula is C9H19NO3P+. The quantitative estimate of drug-likeness (QED) is 0.566. The summed E-state index contributed by atoms with van der Waals surface area (Å²) < 4.78 is 16.1. The normalized spacial score (nSPS) is 14.8. The van der Waals surface area contributed by atoms with Gasteiger partial charge in [-0.15, -0.1) is 0 Å². The standard InChI is InChI=1S/C9H19NO3P/c1-6-13-8(11)7(2)10-9(3,4)14(5)12/h7,10H,6H2,1-5H3/q+1. The molecule has 1 N–H and O–H groups in total. The largest absolute Gasteiger partial charge is 0.465 e. The highest BCUT2D eigenvalue weighted by molar-refractivity contribution is 7.45. The zero-order chi connectivity index (χ0) is 11.4. The zero-order valence-electron chi connectivity index (χ0n) is 9.46. The van der Waals surface area contributed by atoms with E-state index in [9.17, 15) is 9.36 Å². The Kier molecular flexibility index (Phi) is 5.24. The second kappa shape index (κ2) is 5.42. The van der Waals surface area contributed by atoms with Crippen LogP contribution in [0.5, 0.6) is 0 Å². The maximum atomic E-state index is 11.3. The van der Waals surface area contributed by atoms with Crippen LogP contribution in [0, 0.1) is 0 Å². The van der Waals surface area contributed by atoms with Crippen LogP contribution in [0.4, 0.5) is 0 Å². The summed E-state index contributed by atoms with van der Waals surface area (Å²) in [5, 5.41) is 2.44. The van der Waals surface area contributed by atoms with Crippen LogP contribution in [-0.2, 0) is 14.1 Å². The molecule has 0 aliphatic rings. The van der Waals surface area contributed by atoms with Crippen molar-refractivity contribution in [3.63, 3.8) is 0 Å². The lowest BCUT2D eigenvalue weighted by Crippen LogP contribution is -2.46. The van der Waals surface area contributed by atoms with Crippen molar-refractivity contribution in [2.75, 3.05) is 13.3 Å².